The maximum atomic E-state index is 12.8. The van der Waals surface area contributed by atoms with E-state index in [0.29, 0.717) is 24.1 Å². The average Bonchev–Trinajstić information content (AvgIpc) is 3.11. The molecular weight excluding hydrogens is 364 g/mol. The third-order valence-corrected chi connectivity index (χ3v) is 5.28. The first-order valence-corrected chi connectivity index (χ1v) is 9.82. The van der Waals surface area contributed by atoms with Crippen molar-refractivity contribution in [2.75, 3.05) is 6.54 Å². The van der Waals surface area contributed by atoms with Gasteiger partial charge in [0.25, 0.3) is 5.56 Å². The lowest BCUT2D eigenvalue weighted by molar-refractivity contribution is -0.121. The molecule has 2 N–H and O–H groups in total. The molecule has 1 amide bonds. The van der Waals surface area contributed by atoms with Gasteiger partial charge in [0, 0.05) is 30.4 Å². The molecule has 29 heavy (non-hydrogen) atoms. The number of hydrogen-bond donors (Lipinski definition) is 2. The third kappa shape index (κ3) is 3.92. The zero-order chi connectivity index (χ0) is 20.4. The molecule has 0 saturated heterocycles. The highest BCUT2D eigenvalue weighted by Gasteiger charge is 2.12. The monoisotopic (exact) mass is 388 g/mol. The third-order valence-electron chi connectivity index (χ3n) is 5.28. The lowest BCUT2D eigenvalue weighted by atomic mass is 10.0. The highest BCUT2D eigenvalue weighted by molar-refractivity contribution is 6.04. The summed E-state index contributed by atoms with van der Waals surface area (Å²) in [5, 5.41) is 3.89. The summed E-state index contributed by atoms with van der Waals surface area (Å²) in [6.07, 6.45) is 1.76. The SMILES string of the molecule is Cc1ccc2[nH]c3c(=O)n(CCC(=O)NCC(C)c4ccccc4)cnc3c2c1. The molecule has 0 saturated carbocycles. The highest BCUT2D eigenvalue weighted by Crippen LogP contribution is 2.22. The summed E-state index contributed by atoms with van der Waals surface area (Å²) in [4.78, 5) is 32.7. The van der Waals surface area contributed by atoms with E-state index < -0.39 is 0 Å². The zero-order valence-corrected chi connectivity index (χ0v) is 16.6. The Bertz CT molecular complexity index is 1220. The van der Waals surface area contributed by atoms with Crippen molar-refractivity contribution in [2.24, 2.45) is 0 Å². The molecule has 0 aliphatic heterocycles. The number of aryl methyl sites for hydroxylation is 2. The normalized spacial score (nSPS) is 12.3. The summed E-state index contributed by atoms with van der Waals surface area (Å²) in [7, 11) is 0. The van der Waals surface area contributed by atoms with Gasteiger partial charge in [-0.15, -0.1) is 0 Å². The van der Waals surface area contributed by atoms with Crippen molar-refractivity contribution in [1.82, 2.24) is 19.9 Å². The van der Waals surface area contributed by atoms with E-state index in [4.69, 9.17) is 0 Å². The minimum absolute atomic E-state index is 0.0768. The predicted molar refractivity (Wildman–Crippen MR) is 115 cm³/mol. The van der Waals surface area contributed by atoms with Gasteiger partial charge < -0.3 is 10.3 Å². The zero-order valence-electron chi connectivity index (χ0n) is 16.6. The Morgan fingerprint density at radius 1 is 1.21 bits per heavy atom. The van der Waals surface area contributed by atoms with Gasteiger partial charge in [0.2, 0.25) is 5.91 Å². The second-order valence-electron chi connectivity index (χ2n) is 7.51. The molecule has 2 heterocycles. The van der Waals surface area contributed by atoms with Crippen LogP contribution >= 0.6 is 0 Å². The van der Waals surface area contributed by atoms with Crippen LogP contribution < -0.4 is 10.9 Å². The van der Waals surface area contributed by atoms with Crippen LogP contribution in [-0.2, 0) is 11.3 Å². The number of amides is 1. The number of nitrogens with zero attached hydrogens (tertiary/aromatic N) is 2. The van der Waals surface area contributed by atoms with Crippen LogP contribution in [0, 0.1) is 6.92 Å². The van der Waals surface area contributed by atoms with E-state index >= 15 is 0 Å². The fourth-order valence-electron chi connectivity index (χ4n) is 3.54. The van der Waals surface area contributed by atoms with Crippen molar-refractivity contribution in [2.45, 2.75) is 32.7 Å². The Kier molecular flexibility index (Phi) is 5.16. The van der Waals surface area contributed by atoms with Gasteiger partial charge >= 0.3 is 0 Å². The molecule has 0 aliphatic rings. The maximum Gasteiger partial charge on any atom is 0.277 e. The molecule has 0 bridgehead atoms. The second-order valence-corrected chi connectivity index (χ2v) is 7.51. The number of carbonyl (C=O) groups excluding carboxylic acids is 1. The van der Waals surface area contributed by atoms with Crippen LogP contribution in [0.25, 0.3) is 21.9 Å². The summed E-state index contributed by atoms with van der Waals surface area (Å²) < 4.78 is 1.49. The number of rotatable bonds is 6. The van der Waals surface area contributed by atoms with Crippen LogP contribution in [-0.4, -0.2) is 27.0 Å². The summed E-state index contributed by atoms with van der Waals surface area (Å²) in [5.41, 5.74) is 4.19. The number of H-pyrrole nitrogens is 1. The molecule has 0 fully saturated rings. The van der Waals surface area contributed by atoms with Gasteiger partial charge in [-0.3, -0.25) is 14.2 Å². The largest absolute Gasteiger partial charge is 0.355 e. The fraction of sp³-hybridized carbons (Fsp3) is 0.261. The summed E-state index contributed by atoms with van der Waals surface area (Å²) in [5.74, 6) is 0.155. The van der Waals surface area contributed by atoms with Crippen molar-refractivity contribution >= 4 is 27.8 Å². The van der Waals surface area contributed by atoms with Crippen molar-refractivity contribution in [3.63, 3.8) is 0 Å². The number of benzene rings is 2. The van der Waals surface area contributed by atoms with E-state index in [1.165, 1.54) is 16.5 Å². The van der Waals surface area contributed by atoms with E-state index in [1.807, 2.05) is 43.3 Å². The smallest absolute Gasteiger partial charge is 0.277 e. The molecule has 0 radical (unpaired) electrons. The van der Waals surface area contributed by atoms with Gasteiger partial charge in [-0.25, -0.2) is 4.98 Å². The lowest BCUT2D eigenvalue weighted by Gasteiger charge is -2.13. The molecule has 6 nitrogen and oxygen atoms in total. The fourth-order valence-corrected chi connectivity index (χ4v) is 3.54. The van der Waals surface area contributed by atoms with E-state index in [0.717, 1.165) is 16.5 Å². The molecule has 6 heteroatoms. The number of fused-ring (bicyclic) bond motifs is 3. The van der Waals surface area contributed by atoms with Gasteiger partial charge in [-0.1, -0.05) is 48.9 Å². The molecule has 4 aromatic rings. The van der Waals surface area contributed by atoms with E-state index in [9.17, 15) is 9.59 Å². The first-order chi connectivity index (χ1) is 14.0. The lowest BCUT2D eigenvalue weighted by Crippen LogP contribution is -2.30. The minimum Gasteiger partial charge on any atom is -0.355 e. The van der Waals surface area contributed by atoms with Gasteiger partial charge in [0.15, 0.2) is 0 Å². The summed E-state index contributed by atoms with van der Waals surface area (Å²) >= 11 is 0. The molecule has 1 atom stereocenters. The maximum absolute atomic E-state index is 12.8. The van der Waals surface area contributed by atoms with Crippen LogP contribution in [0.2, 0.25) is 0 Å². The van der Waals surface area contributed by atoms with Gasteiger partial charge in [0.1, 0.15) is 11.0 Å². The molecule has 0 spiro atoms. The van der Waals surface area contributed by atoms with Crippen LogP contribution in [0.3, 0.4) is 0 Å². The topological polar surface area (TPSA) is 79.8 Å². The molecular formula is C23H24N4O2. The van der Waals surface area contributed by atoms with Gasteiger partial charge in [-0.2, -0.15) is 0 Å². The van der Waals surface area contributed by atoms with Gasteiger partial charge in [-0.05, 0) is 30.5 Å². The predicted octanol–water partition coefficient (Wildman–Crippen LogP) is 3.50. The van der Waals surface area contributed by atoms with Crippen molar-refractivity contribution in [3.8, 4) is 0 Å². The van der Waals surface area contributed by atoms with Crippen molar-refractivity contribution < 1.29 is 4.79 Å². The first kappa shape index (κ1) is 18.9. The second kappa shape index (κ2) is 7.91. The highest BCUT2D eigenvalue weighted by atomic mass is 16.1. The van der Waals surface area contributed by atoms with Crippen LogP contribution in [0.4, 0.5) is 0 Å². The van der Waals surface area contributed by atoms with Crippen LogP contribution in [0.1, 0.15) is 30.4 Å². The first-order valence-electron chi connectivity index (χ1n) is 9.82. The van der Waals surface area contributed by atoms with Crippen LogP contribution in [0.15, 0.2) is 59.7 Å². The van der Waals surface area contributed by atoms with E-state index in [-0.39, 0.29) is 23.8 Å². The minimum atomic E-state index is -0.158. The summed E-state index contributed by atoms with van der Waals surface area (Å²) in [6.45, 7) is 4.95. The molecule has 0 aliphatic carbocycles. The number of aromatic amines is 1. The molecule has 1 unspecified atom stereocenters. The quantitative estimate of drug-likeness (QED) is 0.531. The molecule has 2 aromatic heterocycles. The van der Waals surface area contributed by atoms with Crippen LogP contribution in [0.5, 0.6) is 0 Å². The standard InChI is InChI=1S/C23H24N4O2/c1-15-8-9-19-18(12-15)21-22(26-19)23(29)27(14-25-21)11-10-20(28)24-13-16(2)17-6-4-3-5-7-17/h3-9,12,14,16,26H,10-11,13H2,1-2H3,(H,24,28). The van der Waals surface area contributed by atoms with E-state index in [1.54, 1.807) is 0 Å². The molecule has 2 aromatic carbocycles. The Labute approximate surface area is 168 Å². The molecule has 148 valence electrons. The number of carbonyl (C=O) groups is 1. The molecule has 4 rings (SSSR count). The van der Waals surface area contributed by atoms with Crippen molar-refractivity contribution in [3.05, 3.63) is 76.3 Å². The number of aromatic nitrogens is 3. The van der Waals surface area contributed by atoms with Gasteiger partial charge in [0.05, 0.1) is 6.33 Å². The Morgan fingerprint density at radius 3 is 2.79 bits per heavy atom. The number of hydrogen-bond acceptors (Lipinski definition) is 3. The Hall–Kier alpha value is -3.41. The van der Waals surface area contributed by atoms with E-state index in [2.05, 4.69) is 34.3 Å². The van der Waals surface area contributed by atoms with Crippen molar-refractivity contribution in [1.29, 1.82) is 0 Å². The Morgan fingerprint density at radius 2 is 2.00 bits per heavy atom. The number of nitrogens with one attached hydrogen (secondary N) is 2. The average molecular weight is 388 g/mol. The Balaban J connectivity index is 1.43. The summed E-state index contributed by atoms with van der Waals surface area (Å²) in [6, 6.07) is 16.0.